The number of urea groups is 2. The number of aromatic nitrogens is 2. The molecule has 1 heterocycles. The lowest BCUT2D eigenvalue weighted by Crippen LogP contribution is -2.44. The van der Waals surface area contributed by atoms with Gasteiger partial charge >= 0.3 is 12.1 Å². The van der Waals surface area contributed by atoms with Crippen LogP contribution in [0.4, 0.5) is 27.2 Å². The van der Waals surface area contributed by atoms with Crippen LogP contribution >= 0.6 is 0 Å². The number of amides is 4. The van der Waals surface area contributed by atoms with Crippen LogP contribution in [0.5, 0.6) is 0 Å². The number of rotatable bonds is 3. The lowest BCUT2D eigenvalue weighted by molar-refractivity contribution is 0.253. The van der Waals surface area contributed by atoms with E-state index in [4.69, 9.17) is 23.2 Å². The molecule has 0 aliphatic carbocycles. The Bertz CT molecular complexity index is 438. The molecule has 1 aromatic rings. The molecule has 0 unspecified atom stereocenters. The molecule has 18 heavy (non-hydrogen) atoms. The van der Waals surface area contributed by atoms with Gasteiger partial charge in [0.1, 0.15) is 5.82 Å². The highest BCUT2D eigenvalue weighted by Crippen LogP contribution is 2.17. The van der Waals surface area contributed by atoms with Crippen LogP contribution in [0.15, 0.2) is 6.07 Å². The number of carbonyl (C=O) groups excluding carboxylic acids is 2. The van der Waals surface area contributed by atoms with Crippen molar-refractivity contribution in [3.63, 3.8) is 0 Å². The molecule has 0 saturated carbocycles. The lowest BCUT2D eigenvalue weighted by Gasteiger charge is -2.17. The van der Waals surface area contributed by atoms with Crippen molar-refractivity contribution in [2.45, 2.75) is 0 Å². The van der Waals surface area contributed by atoms with Gasteiger partial charge in [-0.2, -0.15) is 15.0 Å². The predicted molar refractivity (Wildman–Crippen MR) is 64.1 cm³/mol. The van der Waals surface area contributed by atoms with Gasteiger partial charge in [-0.05, 0) is 0 Å². The minimum absolute atomic E-state index is 0.0476. The molecule has 0 bridgehead atoms. The van der Waals surface area contributed by atoms with Crippen molar-refractivity contribution in [1.82, 2.24) is 9.97 Å². The van der Waals surface area contributed by atoms with Crippen LogP contribution in [0.3, 0.4) is 0 Å². The quantitative estimate of drug-likeness (QED) is 0.236. The molecule has 0 spiro atoms. The van der Waals surface area contributed by atoms with Crippen LogP contribution in [0.1, 0.15) is 0 Å². The SMILES string of the molecule is CNc1cc(N(N)C(N)=O)nc(N(N)C(N)=O)n1. The second-order valence-electron chi connectivity index (χ2n) is 3.08. The van der Waals surface area contributed by atoms with Gasteiger partial charge in [-0.25, -0.2) is 26.3 Å². The summed E-state index contributed by atoms with van der Waals surface area (Å²) in [7, 11) is 1.56. The average Bonchev–Trinajstić information content (AvgIpc) is 2.35. The largest absolute Gasteiger partial charge is 0.373 e. The minimum atomic E-state index is -0.975. The first-order valence-electron chi connectivity index (χ1n) is 4.62. The zero-order valence-corrected chi connectivity index (χ0v) is 9.49. The van der Waals surface area contributed by atoms with E-state index in [1.807, 2.05) is 0 Å². The number of hydrogen-bond donors (Lipinski definition) is 5. The normalized spacial score (nSPS) is 9.72. The molecule has 0 aromatic carbocycles. The highest BCUT2D eigenvalue weighted by molar-refractivity contribution is 5.90. The van der Waals surface area contributed by atoms with Gasteiger partial charge in [-0.1, -0.05) is 0 Å². The Balaban J connectivity index is 3.25. The molecule has 11 nitrogen and oxygen atoms in total. The van der Waals surface area contributed by atoms with Gasteiger partial charge in [0.15, 0.2) is 5.82 Å². The third kappa shape index (κ3) is 2.72. The standard InChI is InChI=1S/C7H13N9O2/c1-12-3-2-4(15(10)5(8)17)14-7(13-3)16(11)6(9)18/h2H,10-11H2,1H3,(H2,8,17)(H2,9,18)(H,12,13,14). The molecule has 98 valence electrons. The monoisotopic (exact) mass is 255 g/mol. The van der Waals surface area contributed by atoms with E-state index < -0.39 is 12.1 Å². The van der Waals surface area contributed by atoms with Crippen molar-refractivity contribution in [3.8, 4) is 0 Å². The molecule has 0 atom stereocenters. The third-order valence-corrected chi connectivity index (χ3v) is 1.89. The van der Waals surface area contributed by atoms with Gasteiger partial charge in [0, 0.05) is 13.1 Å². The summed E-state index contributed by atoms with van der Waals surface area (Å²) in [5.74, 6) is 10.7. The number of hydrazine groups is 2. The first-order valence-corrected chi connectivity index (χ1v) is 4.62. The van der Waals surface area contributed by atoms with Crippen molar-refractivity contribution in [1.29, 1.82) is 0 Å². The fraction of sp³-hybridized carbons (Fsp3) is 0.143. The summed E-state index contributed by atoms with van der Waals surface area (Å²) in [6, 6.07) is -0.579. The Morgan fingerprint density at radius 3 is 2.17 bits per heavy atom. The molecular formula is C7H13N9O2. The first kappa shape index (κ1) is 13.4. The van der Waals surface area contributed by atoms with Crippen molar-refractivity contribution in [2.24, 2.45) is 23.2 Å². The van der Waals surface area contributed by atoms with Crippen LogP contribution in [0, 0.1) is 0 Å². The number of nitrogens with zero attached hydrogens (tertiary/aromatic N) is 4. The van der Waals surface area contributed by atoms with E-state index in [1.54, 1.807) is 7.05 Å². The average molecular weight is 255 g/mol. The maximum atomic E-state index is 10.9. The number of nitrogens with two attached hydrogens (primary N) is 4. The van der Waals surface area contributed by atoms with Crippen molar-refractivity contribution in [3.05, 3.63) is 6.07 Å². The minimum Gasteiger partial charge on any atom is -0.373 e. The maximum Gasteiger partial charge on any atom is 0.336 e. The van der Waals surface area contributed by atoms with Gasteiger partial charge in [0.05, 0.1) is 0 Å². The Labute approximate surface area is 102 Å². The molecule has 0 saturated heterocycles. The summed E-state index contributed by atoms with van der Waals surface area (Å²) < 4.78 is 0. The molecule has 0 aliphatic rings. The molecule has 0 radical (unpaired) electrons. The Kier molecular flexibility index (Phi) is 3.81. The topological polar surface area (TPSA) is 183 Å². The molecule has 9 N–H and O–H groups in total. The predicted octanol–water partition coefficient (Wildman–Crippen LogP) is -1.96. The summed E-state index contributed by atoms with van der Waals surface area (Å²) in [6.45, 7) is 0. The van der Waals surface area contributed by atoms with E-state index in [0.717, 1.165) is 0 Å². The van der Waals surface area contributed by atoms with E-state index in [-0.39, 0.29) is 17.6 Å². The molecule has 0 aliphatic heterocycles. The molecule has 1 aromatic heterocycles. The van der Waals surface area contributed by atoms with E-state index in [1.165, 1.54) is 6.07 Å². The summed E-state index contributed by atoms with van der Waals surface area (Å²) in [4.78, 5) is 29.5. The summed E-state index contributed by atoms with van der Waals surface area (Å²) in [6.07, 6.45) is 0. The summed E-state index contributed by atoms with van der Waals surface area (Å²) >= 11 is 0. The van der Waals surface area contributed by atoms with Gasteiger partial charge in [0.2, 0.25) is 0 Å². The molecule has 11 heteroatoms. The molecule has 0 fully saturated rings. The Hall–Kier alpha value is -2.66. The van der Waals surface area contributed by atoms with E-state index in [2.05, 4.69) is 15.3 Å². The van der Waals surface area contributed by atoms with Crippen LogP contribution < -0.4 is 38.5 Å². The van der Waals surface area contributed by atoms with Crippen LogP contribution in [-0.2, 0) is 0 Å². The molecule has 1 rings (SSSR count). The zero-order valence-electron chi connectivity index (χ0n) is 9.49. The van der Waals surface area contributed by atoms with Crippen molar-refractivity contribution >= 4 is 29.6 Å². The van der Waals surface area contributed by atoms with Crippen molar-refractivity contribution < 1.29 is 9.59 Å². The molecule has 4 amide bonds. The van der Waals surface area contributed by atoms with E-state index in [0.29, 0.717) is 10.0 Å². The fourth-order valence-electron chi connectivity index (χ4n) is 0.993. The van der Waals surface area contributed by atoms with Crippen LogP contribution in [0.2, 0.25) is 0 Å². The second-order valence-corrected chi connectivity index (χ2v) is 3.08. The maximum absolute atomic E-state index is 10.9. The fourth-order valence-corrected chi connectivity index (χ4v) is 0.993. The van der Waals surface area contributed by atoms with Gasteiger partial charge in [-0.15, -0.1) is 0 Å². The number of hydrogen-bond acceptors (Lipinski definition) is 7. The number of carbonyl (C=O) groups is 2. The second kappa shape index (κ2) is 5.11. The van der Waals surface area contributed by atoms with Crippen molar-refractivity contribution in [2.75, 3.05) is 22.4 Å². The van der Waals surface area contributed by atoms with Gasteiger partial charge < -0.3 is 16.8 Å². The van der Waals surface area contributed by atoms with E-state index >= 15 is 0 Å². The lowest BCUT2D eigenvalue weighted by atomic mass is 10.5. The van der Waals surface area contributed by atoms with E-state index in [9.17, 15) is 9.59 Å². The number of primary amides is 2. The smallest absolute Gasteiger partial charge is 0.336 e. The first-order chi connectivity index (χ1) is 8.36. The highest BCUT2D eigenvalue weighted by atomic mass is 16.2. The Morgan fingerprint density at radius 2 is 1.72 bits per heavy atom. The van der Waals surface area contributed by atoms with Crippen LogP contribution in [-0.4, -0.2) is 29.1 Å². The Morgan fingerprint density at radius 1 is 1.17 bits per heavy atom. The van der Waals surface area contributed by atoms with Crippen LogP contribution in [0.25, 0.3) is 0 Å². The van der Waals surface area contributed by atoms with Gasteiger partial charge in [-0.3, -0.25) is 0 Å². The summed E-state index contributed by atoms with van der Waals surface area (Å²) in [5.41, 5.74) is 9.96. The van der Waals surface area contributed by atoms with Gasteiger partial charge in [0.25, 0.3) is 5.95 Å². The summed E-state index contributed by atoms with van der Waals surface area (Å²) in [5, 5.41) is 3.75. The molecular weight excluding hydrogens is 242 g/mol. The number of nitrogens with one attached hydrogen (secondary N) is 1. The highest BCUT2D eigenvalue weighted by Gasteiger charge is 2.17. The zero-order chi connectivity index (χ0) is 13.9. The third-order valence-electron chi connectivity index (χ3n) is 1.89. The number of anilines is 3.